The molecule has 3 heterocycles. The summed E-state index contributed by atoms with van der Waals surface area (Å²) in [6.07, 6.45) is -5.65. The number of nitrogens with zero attached hydrogens (tertiary/aromatic N) is 2. The van der Waals surface area contributed by atoms with Gasteiger partial charge in [-0.3, -0.25) is 10.1 Å². The summed E-state index contributed by atoms with van der Waals surface area (Å²) >= 11 is 6.76. The number of aliphatic hydroxyl groups is 2. The Morgan fingerprint density at radius 2 is 1.89 bits per heavy atom. The zero-order chi connectivity index (χ0) is 42.2. The number of rotatable bonds is 6. The third-order valence-electron chi connectivity index (χ3n) is 10.8. The Balaban J connectivity index is 1.49. The van der Waals surface area contributed by atoms with Crippen LogP contribution in [0.5, 0.6) is 5.75 Å². The van der Waals surface area contributed by atoms with Gasteiger partial charge < -0.3 is 49.4 Å². The molecule has 2 saturated heterocycles. The number of anilines is 2. The molecular weight excluding hydrogens is 777 g/mol. The Kier molecular flexibility index (Phi) is 12.8. The lowest BCUT2D eigenvalue weighted by Crippen LogP contribution is -2.62. The number of esters is 1. The van der Waals surface area contributed by atoms with Crippen LogP contribution in [0, 0.1) is 0 Å². The molecule has 2 fully saturated rings. The number of likely N-dealkylation sites (N-methyl/N-ethyl adjacent to an activating group) is 1. The quantitative estimate of drug-likeness (QED) is 0.174. The van der Waals surface area contributed by atoms with E-state index in [1.807, 2.05) is 13.0 Å². The fourth-order valence-corrected chi connectivity index (χ4v) is 7.41. The minimum atomic E-state index is -4.82. The molecule has 2 aromatic carbocycles. The van der Waals surface area contributed by atoms with E-state index in [1.54, 1.807) is 38.3 Å². The molecule has 2 amide bonds. The van der Waals surface area contributed by atoms with Crippen LogP contribution >= 0.6 is 11.6 Å². The van der Waals surface area contributed by atoms with Crippen LogP contribution < -0.4 is 20.7 Å². The van der Waals surface area contributed by atoms with Crippen LogP contribution in [0.3, 0.4) is 0 Å². The van der Waals surface area contributed by atoms with E-state index in [0.29, 0.717) is 23.9 Å². The number of hydrogen-bond donors (Lipinski definition) is 4. The van der Waals surface area contributed by atoms with Gasteiger partial charge in [0.25, 0.3) is 5.91 Å². The number of nitrogens with two attached hydrogens (primary N) is 1. The number of benzene rings is 2. The summed E-state index contributed by atoms with van der Waals surface area (Å²) in [6.45, 7) is 4.87. The number of fused-ring (bicyclic) bond motifs is 5. The van der Waals surface area contributed by atoms with Crippen molar-refractivity contribution in [3.8, 4) is 5.75 Å². The van der Waals surface area contributed by atoms with Crippen LogP contribution in [0.4, 0.5) is 29.3 Å². The number of amides is 2. The monoisotopic (exact) mass is 824 g/mol. The van der Waals surface area contributed by atoms with Gasteiger partial charge in [0, 0.05) is 51.7 Å². The first kappa shape index (κ1) is 43.6. The van der Waals surface area contributed by atoms with Crippen LogP contribution in [0.25, 0.3) is 0 Å². The van der Waals surface area contributed by atoms with Crippen LogP contribution in [-0.4, -0.2) is 109 Å². The van der Waals surface area contributed by atoms with E-state index in [4.69, 9.17) is 41.0 Å². The van der Waals surface area contributed by atoms with Gasteiger partial charge in [0.2, 0.25) is 0 Å². The molecule has 8 atom stereocenters. The molecular formula is C39H48ClF3N4O10. The Morgan fingerprint density at radius 3 is 2.54 bits per heavy atom. The van der Waals surface area contributed by atoms with Gasteiger partial charge in [0.05, 0.1) is 24.5 Å². The van der Waals surface area contributed by atoms with Gasteiger partial charge in [-0.2, -0.15) is 13.2 Å². The number of carbonyl (C=O) groups is 3. The SMILES string of the molecule is COc1cc2cc(c1Cl)N(C)C(O)C[C@H](OC(=O)[C@H](C)N(C)C(=O)c1ccc(N)c(C(F)(F)F)c1)[C@]1(C)O[C@H]1C[C@@H]1C[C@@](O)(NC(=O)O1)[C@H](OC)/C=C/C=C(\C)C2. The van der Waals surface area contributed by atoms with Crippen LogP contribution in [0.1, 0.15) is 61.5 Å². The molecule has 3 aliphatic heterocycles. The summed E-state index contributed by atoms with van der Waals surface area (Å²) in [7, 11) is 5.67. The molecule has 4 bridgehead atoms. The lowest BCUT2D eigenvalue weighted by atomic mass is 9.89. The van der Waals surface area contributed by atoms with Crippen molar-refractivity contribution in [2.45, 2.75) is 101 Å². The van der Waals surface area contributed by atoms with Crippen molar-refractivity contribution in [1.29, 1.82) is 0 Å². The number of aliphatic hydroxyl groups excluding tert-OH is 1. The summed E-state index contributed by atoms with van der Waals surface area (Å²) in [5, 5.41) is 26.0. The van der Waals surface area contributed by atoms with E-state index in [2.05, 4.69) is 5.32 Å². The van der Waals surface area contributed by atoms with Gasteiger partial charge in [0.1, 0.15) is 47.0 Å². The summed E-state index contributed by atoms with van der Waals surface area (Å²) in [4.78, 5) is 42.3. The van der Waals surface area contributed by atoms with E-state index in [9.17, 15) is 37.8 Å². The van der Waals surface area contributed by atoms with Crippen LogP contribution in [-0.2, 0) is 36.3 Å². The molecule has 0 spiro atoms. The number of carbonyl (C=O) groups excluding carboxylic acids is 3. The lowest BCUT2D eigenvalue weighted by Gasteiger charge is -2.40. The zero-order valence-corrected chi connectivity index (χ0v) is 33.3. The van der Waals surface area contributed by atoms with Gasteiger partial charge in [-0.1, -0.05) is 35.4 Å². The normalized spacial score (nSPS) is 30.1. The maximum atomic E-state index is 13.8. The van der Waals surface area contributed by atoms with Crippen molar-refractivity contribution < 1.29 is 61.5 Å². The predicted molar refractivity (Wildman–Crippen MR) is 203 cm³/mol. The number of ether oxygens (including phenoxy) is 5. The van der Waals surface area contributed by atoms with Crippen molar-refractivity contribution in [1.82, 2.24) is 10.2 Å². The van der Waals surface area contributed by atoms with Crippen molar-refractivity contribution in [3.63, 3.8) is 0 Å². The number of epoxide rings is 1. The summed E-state index contributed by atoms with van der Waals surface area (Å²) in [6, 6.07) is 4.91. The minimum absolute atomic E-state index is 0.0447. The fraction of sp³-hybridized carbons (Fsp3) is 0.513. The number of allylic oxidation sites excluding steroid dienone is 3. The Hall–Kier alpha value is -4.55. The van der Waals surface area contributed by atoms with Crippen molar-refractivity contribution in [2.75, 3.05) is 38.9 Å². The number of halogens is 4. The summed E-state index contributed by atoms with van der Waals surface area (Å²) in [5.41, 5.74) is 2.29. The molecule has 18 heteroatoms. The minimum Gasteiger partial charge on any atom is -0.495 e. The number of nitrogen functional groups attached to an aromatic ring is 1. The predicted octanol–water partition coefficient (Wildman–Crippen LogP) is 4.98. The largest absolute Gasteiger partial charge is 0.495 e. The lowest BCUT2D eigenvalue weighted by molar-refractivity contribution is -0.158. The van der Waals surface area contributed by atoms with Crippen molar-refractivity contribution in [2.24, 2.45) is 0 Å². The second-order valence-corrected chi connectivity index (χ2v) is 15.2. The Labute approximate surface area is 333 Å². The molecule has 3 aliphatic rings. The third kappa shape index (κ3) is 9.44. The number of alkyl halides is 3. The molecule has 5 N–H and O–H groups in total. The number of alkyl carbamates (subject to hydrolysis) is 1. The molecule has 0 aromatic heterocycles. The van der Waals surface area contributed by atoms with E-state index in [-0.39, 0.29) is 29.8 Å². The standard InChI is InChI=1S/C39H48ClF3N4O10/c1-20-9-8-10-29(54-7)38(52)19-24(55-36(51)45-38)17-31-37(3,57-31)30(18-32(48)47(5)27-14-22(13-20)15-28(53-6)33(27)40)56-35(50)21(2)46(4)34(49)23-11-12-26(44)25(16-23)39(41,42)43/h8-12,14-16,21,24,29-32,48,52H,13,17-19,44H2,1-7H3,(H,45,51)/b10-8+,20-9+/t21-,24+,29+,30-,31-,32?,37-,38-/m0/s1. The van der Waals surface area contributed by atoms with E-state index >= 15 is 0 Å². The zero-order valence-electron chi connectivity index (χ0n) is 32.6. The molecule has 2 aromatic rings. The Morgan fingerprint density at radius 1 is 1.19 bits per heavy atom. The van der Waals surface area contributed by atoms with Crippen LogP contribution in [0.2, 0.25) is 5.02 Å². The summed E-state index contributed by atoms with van der Waals surface area (Å²) in [5.74, 6) is -1.52. The molecule has 0 radical (unpaired) electrons. The molecule has 0 aliphatic carbocycles. The highest BCUT2D eigenvalue weighted by molar-refractivity contribution is 6.34. The summed E-state index contributed by atoms with van der Waals surface area (Å²) < 4.78 is 69.5. The maximum absolute atomic E-state index is 13.8. The Bertz CT molecular complexity index is 1930. The van der Waals surface area contributed by atoms with E-state index in [1.165, 1.54) is 33.1 Å². The second-order valence-electron chi connectivity index (χ2n) is 14.8. The van der Waals surface area contributed by atoms with Crippen LogP contribution in [0.15, 0.2) is 54.1 Å². The highest BCUT2D eigenvalue weighted by Gasteiger charge is 2.61. The molecule has 0 saturated carbocycles. The molecule has 57 heavy (non-hydrogen) atoms. The molecule has 1 unspecified atom stereocenters. The first-order valence-corrected chi connectivity index (χ1v) is 18.5. The van der Waals surface area contributed by atoms with Gasteiger partial charge in [-0.25, -0.2) is 9.59 Å². The smallest absolute Gasteiger partial charge is 0.418 e. The first-order valence-electron chi connectivity index (χ1n) is 18.1. The average molecular weight is 825 g/mol. The van der Waals surface area contributed by atoms with Gasteiger partial charge >= 0.3 is 18.2 Å². The number of methoxy groups -OCH3 is 2. The highest BCUT2D eigenvalue weighted by Crippen LogP contribution is 2.47. The molecule has 14 nitrogen and oxygen atoms in total. The topological polar surface area (TPSA) is 186 Å². The van der Waals surface area contributed by atoms with Crippen molar-refractivity contribution in [3.05, 3.63) is 75.8 Å². The number of nitrogens with one attached hydrogen (secondary N) is 1. The molecule has 5 rings (SSSR count). The number of hydrogen-bond acceptors (Lipinski definition) is 12. The highest BCUT2D eigenvalue weighted by atomic mass is 35.5. The van der Waals surface area contributed by atoms with E-state index < -0.39 is 83.4 Å². The maximum Gasteiger partial charge on any atom is 0.418 e. The average Bonchev–Trinajstić information content (AvgIpc) is 3.80. The molecule has 312 valence electrons. The first-order chi connectivity index (χ1) is 26.6. The van der Waals surface area contributed by atoms with Gasteiger partial charge in [-0.15, -0.1) is 0 Å². The second kappa shape index (κ2) is 16.7. The fourth-order valence-electron chi connectivity index (χ4n) is 7.09. The third-order valence-corrected chi connectivity index (χ3v) is 11.1. The van der Waals surface area contributed by atoms with Gasteiger partial charge in [-0.05, 0) is 63.1 Å². The van der Waals surface area contributed by atoms with E-state index in [0.717, 1.165) is 28.2 Å². The van der Waals surface area contributed by atoms with Crippen molar-refractivity contribution >= 4 is 40.9 Å². The van der Waals surface area contributed by atoms with Gasteiger partial charge in [0.15, 0.2) is 5.72 Å².